The first-order valence-corrected chi connectivity index (χ1v) is 8.57. The fourth-order valence-corrected chi connectivity index (χ4v) is 4.46. The van der Waals surface area contributed by atoms with Crippen LogP contribution in [0.1, 0.15) is 36.1 Å². The number of thioether (sulfide) groups is 1. The molecule has 2 aliphatic rings. The molecule has 0 amide bonds. The molecule has 4 nitrogen and oxygen atoms in total. The number of fused-ring (bicyclic) bond motifs is 1. The average molecular weight is 312 g/mol. The molecule has 0 bridgehead atoms. The Morgan fingerprint density at radius 1 is 1.23 bits per heavy atom. The Labute approximate surface area is 135 Å². The molecule has 5 heteroatoms. The quantitative estimate of drug-likeness (QED) is 0.853. The third kappa shape index (κ3) is 2.07. The van der Waals surface area contributed by atoms with Crippen LogP contribution in [0, 0.1) is 6.92 Å². The highest BCUT2D eigenvalue weighted by atomic mass is 32.2. The van der Waals surface area contributed by atoms with Gasteiger partial charge in [0.15, 0.2) is 5.17 Å². The van der Waals surface area contributed by atoms with E-state index >= 15 is 0 Å². The summed E-state index contributed by atoms with van der Waals surface area (Å²) in [5, 5.41) is 1.78. The zero-order valence-corrected chi connectivity index (χ0v) is 13.9. The molecule has 0 radical (unpaired) electrons. The monoisotopic (exact) mass is 312 g/mol. The van der Waals surface area contributed by atoms with Crippen LogP contribution in [0.5, 0.6) is 0 Å². The van der Waals surface area contributed by atoms with Gasteiger partial charge in [-0.15, -0.1) is 0 Å². The maximum absolute atomic E-state index is 5.01. The normalized spacial score (nSPS) is 27.1. The van der Waals surface area contributed by atoms with Crippen molar-refractivity contribution in [1.82, 2.24) is 14.5 Å². The van der Waals surface area contributed by atoms with E-state index in [-0.39, 0.29) is 12.1 Å². The third-order valence-corrected chi connectivity index (χ3v) is 5.70. The van der Waals surface area contributed by atoms with Crippen LogP contribution < -0.4 is 0 Å². The number of nitrogens with zero attached hydrogens (tertiary/aromatic N) is 4. The van der Waals surface area contributed by atoms with Gasteiger partial charge in [0, 0.05) is 36.4 Å². The van der Waals surface area contributed by atoms with Crippen molar-refractivity contribution in [2.45, 2.75) is 31.2 Å². The largest absolute Gasteiger partial charge is 0.350 e. The summed E-state index contributed by atoms with van der Waals surface area (Å²) in [5.74, 6) is 0. The predicted octanol–water partition coefficient (Wildman–Crippen LogP) is 3.32. The molecule has 2 aromatic heterocycles. The van der Waals surface area contributed by atoms with Crippen LogP contribution in [0.4, 0.5) is 0 Å². The smallest absolute Gasteiger partial charge is 0.160 e. The average Bonchev–Trinajstić information content (AvgIpc) is 3.14. The highest BCUT2D eigenvalue weighted by molar-refractivity contribution is 8.14. The van der Waals surface area contributed by atoms with Crippen molar-refractivity contribution in [3.63, 3.8) is 0 Å². The first-order chi connectivity index (χ1) is 10.6. The molecule has 22 heavy (non-hydrogen) atoms. The zero-order valence-electron chi connectivity index (χ0n) is 13.1. The Hall–Kier alpha value is -1.75. The summed E-state index contributed by atoms with van der Waals surface area (Å²) in [7, 11) is 2.14. The number of pyridine rings is 1. The van der Waals surface area contributed by atoms with Crippen molar-refractivity contribution in [3.05, 3.63) is 53.6 Å². The lowest BCUT2D eigenvalue weighted by molar-refractivity contribution is 0.309. The van der Waals surface area contributed by atoms with Crippen molar-refractivity contribution in [1.29, 1.82) is 0 Å². The molecule has 114 valence electrons. The number of amidine groups is 1. The zero-order chi connectivity index (χ0) is 15.3. The van der Waals surface area contributed by atoms with Gasteiger partial charge in [-0.1, -0.05) is 24.8 Å². The second-order valence-corrected chi connectivity index (χ2v) is 7.50. The Balaban J connectivity index is 1.80. The molecule has 4 heterocycles. The maximum Gasteiger partial charge on any atom is 0.160 e. The molecular formula is C17H20N4S. The summed E-state index contributed by atoms with van der Waals surface area (Å²) in [6, 6.07) is 10.9. The van der Waals surface area contributed by atoms with Gasteiger partial charge in [-0.2, -0.15) is 0 Å². The molecule has 2 aliphatic heterocycles. The molecule has 1 saturated heterocycles. The number of hydrogen-bond acceptors (Lipinski definition) is 4. The summed E-state index contributed by atoms with van der Waals surface area (Å²) in [6.45, 7) is 5.48. The first kappa shape index (κ1) is 13.9. The van der Waals surface area contributed by atoms with E-state index in [0.29, 0.717) is 5.25 Å². The standard InChI is InChI=1S/C17H20N4S/c1-11-7-8-14(20(11)3)16-15(13-6-4-5-9-18-13)19-17-21(16)10-12(2)22-17/h4-9,12,15-16H,10H2,1-3H3/t12-,15+,16-/m1/s1. The van der Waals surface area contributed by atoms with E-state index in [4.69, 9.17) is 4.99 Å². The Kier molecular flexibility index (Phi) is 3.26. The number of aryl methyl sites for hydroxylation is 1. The second-order valence-electron chi connectivity index (χ2n) is 6.10. The summed E-state index contributed by atoms with van der Waals surface area (Å²) < 4.78 is 2.28. The van der Waals surface area contributed by atoms with Gasteiger partial charge in [0.2, 0.25) is 0 Å². The summed E-state index contributed by atoms with van der Waals surface area (Å²) >= 11 is 1.88. The molecule has 0 spiro atoms. The van der Waals surface area contributed by atoms with Crippen LogP contribution in [-0.2, 0) is 7.05 Å². The topological polar surface area (TPSA) is 33.4 Å². The Morgan fingerprint density at radius 3 is 2.77 bits per heavy atom. The van der Waals surface area contributed by atoms with E-state index < -0.39 is 0 Å². The van der Waals surface area contributed by atoms with Crippen molar-refractivity contribution in [3.8, 4) is 0 Å². The van der Waals surface area contributed by atoms with E-state index in [0.717, 1.165) is 12.2 Å². The molecule has 0 unspecified atom stereocenters. The van der Waals surface area contributed by atoms with Gasteiger partial charge in [0.25, 0.3) is 0 Å². The van der Waals surface area contributed by atoms with Gasteiger partial charge >= 0.3 is 0 Å². The summed E-state index contributed by atoms with van der Waals surface area (Å²) in [5.41, 5.74) is 3.66. The van der Waals surface area contributed by atoms with Crippen molar-refractivity contribution in [2.24, 2.45) is 12.0 Å². The van der Waals surface area contributed by atoms with Gasteiger partial charge in [-0.3, -0.25) is 9.98 Å². The Morgan fingerprint density at radius 2 is 2.09 bits per heavy atom. The van der Waals surface area contributed by atoms with Crippen molar-refractivity contribution >= 4 is 16.9 Å². The van der Waals surface area contributed by atoms with Crippen LogP contribution >= 0.6 is 11.8 Å². The van der Waals surface area contributed by atoms with E-state index in [9.17, 15) is 0 Å². The molecule has 0 aliphatic carbocycles. The van der Waals surface area contributed by atoms with E-state index in [1.54, 1.807) is 0 Å². The molecule has 2 aromatic rings. The minimum absolute atomic E-state index is 0.0872. The molecule has 0 aromatic carbocycles. The SMILES string of the molecule is Cc1ccc([C@@H]2[C@H](c3ccccn3)N=C3S[C@H](C)CN32)n1C. The van der Waals surface area contributed by atoms with E-state index in [1.807, 2.05) is 24.0 Å². The number of rotatable bonds is 2. The van der Waals surface area contributed by atoms with E-state index in [1.165, 1.54) is 16.6 Å². The van der Waals surface area contributed by atoms with Gasteiger partial charge in [0.1, 0.15) is 6.04 Å². The molecule has 0 saturated carbocycles. The van der Waals surface area contributed by atoms with Crippen LogP contribution in [0.15, 0.2) is 41.5 Å². The summed E-state index contributed by atoms with van der Waals surface area (Å²) in [6.07, 6.45) is 1.86. The summed E-state index contributed by atoms with van der Waals surface area (Å²) in [4.78, 5) is 12.0. The number of aliphatic imine (C=N–C) groups is 1. The molecule has 1 fully saturated rings. The Bertz CT molecular complexity index is 722. The minimum atomic E-state index is 0.0872. The van der Waals surface area contributed by atoms with Crippen molar-refractivity contribution < 1.29 is 0 Å². The molecule has 0 N–H and O–H groups in total. The lowest BCUT2D eigenvalue weighted by atomic mass is 10.0. The number of hydrogen-bond donors (Lipinski definition) is 0. The third-order valence-electron chi connectivity index (χ3n) is 4.60. The first-order valence-electron chi connectivity index (χ1n) is 7.69. The lowest BCUT2D eigenvalue weighted by Gasteiger charge is -2.27. The van der Waals surface area contributed by atoms with E-state index in [2.05, 4.69) is 59.6 Å². The van der Waals surface area contributed by atoms with Crippen LogP contribution in [0.3, 0.4) is 0 Å². The van der Waals surface area contributed by atoms with Crippen LogP contribution in [0.25, 0.3) is 0 Å². The fraction of sp³-hybridized carbons (Fsp3) is 0.412. The minimum Gasteiger partial charge on any atom is -0.350 e. The van der Waals surface area contributed by atoms with Gasteiger partial charge in [-0.05, 0) is 31.2 Å². The highest BCUT2D eigenvalue weighted by Crippen LogP contribution is 2.47. The molecule has 4 rings (SSSR count). The lowest BCUT2D eigenvalue weighted by Crippen LogP contribution is -2.30. The molecular weight excluding hydrogens is 292 g/mol. The van der Waals surface area contributed by atoms with Gasteiger partial charge in [-0.25, -0.2) is 0 Å². The maximum atomic E-state index is 5.01. The fourth-order valence-electron chi connectivity index (χ4n) is 3.37. The van der Waals surface area contributed by atoms with Gasteiger partial charge < -0.3 is 9.47 Å². The van der Waals surface area contributed by atoms with Gasteiger partial charge in [0.05, 0.1) is 11.7 Å². The molecule has 3 atom stereocenters. The van der Waals surface area contributed by atoms with Crippen LogP contribution in [0.2, 0.25) is 0 Å². The number of aromatic nitrogens is 2. The predicted molar refractivity (Wildman–Crippen MR) is 91.1 cm³/mol. The van der Waals surface area contributed by atoms with Crippen molar-refractivity contribution in [2.75, 3.05) is 6.54 Å². The highest BCUT2D eigenvalue weighted by Gasteiger charge is 2.44. The van der Waals surface area contributed by atoms with Crippen LogP contribution in [-0.4, -0.2) is 31.4 Å². The second kappa shape index (κ2) is 5.16.